The van der Waals surface area contributed by atoms with Gasteiger partial charge in [-0.15, -0.1) is 0 Å². The summed E-state index contributed by atoms with van der Waals surface area (Å²) < 4.78 is 2.56. The Bertz CT molecular complexity index is 144. The van der Waals surface area contributed by atoms with Crippen LogP contribution >= 0.6 is 0 Å². The molecular formula is C13H31EuSi. The molecule has 0 amide bonds. The van der Waals surface area contributed by atoms with Crippen LogP contribution in [0.1, 0.15) is 48.0 Å². The Labute approximate surface area is 114 Å². The predicted molar refractivity (Wildman–Crippen MR) is 71.9 cm³/mol. The zero-order valence-electron chi connectivity index (χ0n) is 11.7. The molecule has 0 bridgehead atoms. The first-order valence-electron chi connectivity index (χ1n) is 6.68. The molecule has 0 aromatic rings. The molecular weight excluding hydrogens is 336 g/mol. The fourth-order valence-electron chi connectivity index (χ4n) is 2.28. The van der Waals surface area contributed by atoms with Crippen LogP contribution in [0.15, 0.2) is 0 Å². The quantitative estimate of drug-likeness (QED) is 0.496. The van der Waals surface area contributed by atoms with Crippen LogP contribution in [-0.2, 0) is 0 Å². The van der Waals surface area contributed by atoms with Gasteiger partial charge in [-0.25, -0.2) is 0 Å². The van der Waals surface area contributed by atoms with E-state index < -0.39 is 42.2 Å². The molecule has 0 spiro atoms. The van der Waals surface area contributed by atoms with E-state index in [0.717, 1.165) is 5.92 Å². The molecule has 0 aromatic carbocycles. The Morgan fingerprint density at radius 3 is 1.67 bits per heavy atom. The Kier molecular flexibility index (Phi) is 9.89. The second-order valence-electron chi connectivity index (χ2n) is 4.81. The van der Waals surface area contributed by atoms with Crippen molar-refractivity contribution in [3.05, 3.63) is 0 Å². The van der Waals surface area contributed by atoms with Crippen molar-refractivity contribution >= 4 is 1.12 Å². The molecule has 0 aliphatic heterocycles. The van der Waals surface area contributed by atoms with Crippen molar-refractivity contribution in [2.24, 2.45) is 5.92 Å². The molecule has 0 fully saturated rings. The first-order chi connectivity index (χ1) is 7.06. The molecule has 0 rings (SSSR count). The summed E-state index contributed by atoms with van der Waals surface area (Å²) in [4.78, 5) is 0. The maximum absolute atomic E-state index is 2.49. The zero-order valence-corrected chi connectivity index (χ0v) is 15.1. The van der Waals surface area contributed by atoms with Crippen LogP contribution in [0.2, 0.25) is 19.8 Å². The van der Waals surface area contributed by atoms with Crippen LogP contribution in [0, 0.1) is 47.0 Å². The van der Waals surface area contributed by atoms with Gasteiger partial charge >= 0.3 is 116 Å². The maximum atomic E-state index is 2.49. The third-order valence-electron chi connectivity index (χ3n) is 3.71. The van der Waals surface area contributed by atoms with Gasteiger partial charge in [0.15, 0.2) is 0 Å². The van der Waals surface area contributed by atoms with Gasteiger partial charge in [0.1, 0.15) is 0 Å². The fourth-order valence-corrected chi connectivity index (χ4v) is 30.0. The van der Waals surface area contributed by atoms with E-state index in [1.165, 1.54) is 6.42 Å². The number of rotatable bonds is 8. The Morgan fingerprint density at radius 2 is 1.40 bits per heavy atom. The first-order valence-corrected chi connectivity index (χ1v) is 16.2. The first kappa shape index (κ1) is 16.8. The van der Waals surface area contributed by atoms with E-state index in [9.17, 15) is 0 Å². The molecule has 0 nitrogen and oxygen atoms in total. The van der Waals surface area contributed by atoms with Crippen LogP contribution in [0.25, 0.3) is 0 Å². The number of hydrogen-bond acceptors (Lipinski definition) is 0. The molecule has 0 unspecified atom stereocenters. The van der Waals surface area contributed by atoms with Crippen molar-refractivity contribution in [1.82, 2.24) is 0 Å². The fraction of sp³-hybridized carbons (Fsp3) is 1.00. The van der Waals surface area contributed by atoms with Crippen molar-refractivity contribution in [1.29, 1.82) is 0 Å². The van der Waals surface area contributed by atoms with Crippen molar-refractivity contribution in [3.8, 4) is 0 Å². The summed E-state index contributed by atoms with van der Waals surface area (Å²) in [6.07, 6.45) is 1.52. The Hall–Kier alpha value is 1.80. The van der Waals surface area contributed by atoms with Gasteiger partial charge in [-0.3, -0.25) is 0 Å². The average Bonchev–Trinajstić information content (AvgIpc) is 2.24. The number of hydrogen-bond donors (Lipinski definition) is 0. The third kappa shape index (κ3) is 5.31. The monoisotopic (exact) mass is 368 g/mol. The van der Waals surface area contributed by atoms with Gasteiger partial charge in [-0.2, -0.15) is 0 Å². The van der Waals surface area contributed by atoms with Gasteiger partial charge in [-0.1, -0.05) is 0 Å². The van der Waals surface area contributed by atoms with Crippen molar-refractivity contribution in [3.63, 3.8) is 0 Å². The van der Waals surface area contributed by atoms with Crippen molar-refractivity contribution in [2.45, 2.75) is 67.7 Å². The summed E-state index contributed by atoms with van der Waals surface area (Å²) in [7, 11) is 0. The third-order valence-corrected chi connectivity index (χ3v) is 34.9. The second kappa shape index (κ2) is 8.83. The van der Waals surface area contributed by atoms with Gasteiger partial charge in [0.25, 0.3) is 0 Å². The van der Waals surface area contributed by atoms with Gasteiger partial charge in [0, 0.05) is 0 Å². The molecule has 0 aromatic heterocycles. The minimum atomic E-state index is -0.869. The molecule has 0 atom stereocenters. The van der Waals surface area contributed by atoms with E-state index in [1.807, 2.05) is 0 Å². The van der Waals surface area contributed by atoms with Gasteiger partial charge in [-0.05, 0) is 0 Å². The molecule has 0 saturated carbocycles. The minimum absolute atomic E-state index is 0.728. The van der Waals surface area contributed by atoms with Crippen LogP contribution in [-0.4, -0.2) is 1.12 Å². The predicted octanol–water partition coefficient (Wildman–Crippen LogP) is 5.51. The second-order valence-corrected chi connectivity index (χ2v) is 26.8. The molecule has 0 radical (unpaired) electrons. The summed E-state index contributed by atoms with van der Waals surface area (Å²) in [6, 6.07) is 4.74. The van der Waals surface area contributed by atoms with E-state index in [0.29, 0.717) is 0 Å². The van der Waals surface area contributed by atoms with Crippen LogP contribution in [0.5, 0.6) is 0 Å². The topological polar surface area (TPSA) is 0 Å². The van der Waals surface area contributed by atoms with E-state index in [4.69, 9.17) is 0 Å². The molecule has 2 heteroatoms. The summed E-state index contributed by atoms with van der Waals surface area (Å²) in [5.74, 6) is 0.932. The van der Waals surface area contributed by atoms with Gasteiger partial charge in [0.2, 0.25) is 0 Å². The van der Waals surface area contributed by atoms with Crippen molar-refractivity contribution in [2.75, 3.05) is 0 Å². The summed E-state index contributed by atoms with van der Waals surface area (Å²) in [6.45, 7) is 14.7. The molecule has 0 aliphatic carbocycles. The Balaban J connectivity index is 4.44. The zero-order chi connectivity index (χ0) is 11.9. The van der Waals surface area contributed by atoms with Crippen molar-refractivity contribution < 1.29 is 41.0 Å². The average molecular weight is 367 g/mol. The molecule has 0 aliphatic rings. The van der Waals surface area contributed by atoms with Gasteiger partial charge < -0.3 is 0 Å². The molecule has 0 saturated heterocycles. The van der Waals surface area contributed by atoms with E-state index in [2.05, 4.69) is 41.5 Å². The summed E-state index contributed by atoms with van der Waals surface area (Å²) >= 11 is -0.869. The molecule has 94 valence electrons. The van der Waals surface area contributed by atoms with Crippen LogP contribution in [0.3, 0.4) is 0 Å². The normalized spacial score (nSPS) is 13.4. The summed E-state index contributed by atoms with van der Waals surface area (Å²) in [5.41, 5.74) is 0. The van der Waals surface area contributed by atoms with Gasteiger partial charge in [0.05, 0.1) is 0 Å². The molecule has 0 heterocycles. The standard InChI is InChI=1S/C6H15Si.C5H11.C2H5.Eu/c1-4-7(5-2)6-3;1-4-5(2)3;1-2;/h4-6H2,1-3H3;5H,1,4H2,2-3H3;1H2,2H3;. The molecule has 15 heavy (non-hydrogen) atoms. The molecule has 0 N–H and O–H groups in total. The summed E-state index contributed by atoms with van der Waals surface area (Å²) in [5, 5.41) is 0. The van der Waals surface area contributed by atoms with E-state index >= 15 is 0 Å². The van der Waals surface area contributed by atoms with E-state index in [1.54, 1.807) is 19.8 Å². The van der Waals surface area contributed by atoms with Crippen LogP contribution < -0.4 is 0 Å². The van der Waals surface area contributed by atoms with E-state index in [-0.39, 0.29) is 0 Å². The Morgan fingerprint density at radius 1 is 0.933 bits per heavy atom. The SMILES string of the molecule is C[CH2][Eu]([CH2]CC(C)C)[Si](CC)(CC)CC. The van der Waals surface area contributed by atoms with Crippen LogP contribution in [0.4, 0.5) is 0 Å².